The van der Waals surface area contributed by atoms with E-state index in [2.05, 4.69) is 0 Å². The molecule has 1 saturated carbocycles. The van der Waals surface area contributed by atoms with Crippen molar-refractivity contribution < 1.29 is 41.8 Å². The number of alkyl halides is 3. The van der Waals surface area contributed by atoms with E-state index >= 15 is 0 Å². The summed E-state index contributed by atoms with van der Waals surface area (Å²) in [6, 6.07) is 1.27. The van der Waals surface area contributed by atoms with Crippen molar-refractivity contribution in [3.8, 4) is 17.2 Å². The molecule has 182 valence electrons. The highest BCUT2D eigenvalue weighted by Crippen LogP contribution is 2.41. The van der Waals surface area contributed by atoms with Crippen molar-refractivity contribution in [1.29, 1.82) is 0 Å². The Morgan fingerprint density at radius 1 is 1.09 bits per heavy atom. The Balaban J connectivity index is 1.94. The van der Waals surface area contributed by atoms with Crippen LogP contribution in [-0.2, 0) is 4.79 Å². The Morgan fingerprint density at radius 2 is 1.73 bits per heavy atom. The lowest BCUT2D eigenvalue weighted by molar-refractivity contribution is -0.200. The maximum atomic E-state index is 14.2. The lowest BCUT2D eigenvalue weighted by atomic mass is 9.89. The average Bonchev–Trinajstić information content (AvgIpc) is 3.03. The minimum Gasteiger partial charge on any atom is -0.493 e. The van der Waals surface area contributed by atoms with Crippen molar-refractivity contribution in [2.75, 3.05) is 27.9 Å². The summed E-state index contributed by atoms with van der Waals surface area (Å²) in [4.78, 5) is 38.8. The van der Waals surface area contributed by atoms with Gasteiger partial charge in [0.05, 0.1) is 26.9 Å². The highest BCUT2D eigenvalue weighted by atomic mass is 19.4. The molecule has 1 saturated heterocycles. The van der Waals surface area contributed by atoms with Gasteiger partial charge in [-0.3, -0.25) is 19.8 Å². The van der Waals surface area contributed by atoms with Gasteiger partial charge in [0.2, 0.25) is 5.75 Å². The molecular formula is C21H26F3N3O6. The second-order valence-corrected chi connectivity index (χ2v) is 7.93. The van der Waals surface area contributed by atoms with Gasteiger partial charge in [0, 0.05) is 6.54 Å². The lowest BCUT2D eigenvalue weighted by Gasteiger charge is -2.31. The van der Waals surface area contributed by atoms with E-state index in [1.54, 1.807) is 10.6 Å². The van der Waals surface area contributed by atoms with E-state index in [0.29, 0.717) is 17.7 Å². The molecule has 0 bridgehead atoms. The number of hydrogen-bond donors (Lipinski definition) is 2. The molecule has 3 rings (SSSR count). The van der Waals surface area contributed by atoms with E-state index in [-0.39, 0.29) is 35.3 Å². The van der Waals surface area contributed by atoms with Crippen LogP contribution in [0.2, 0.25) is 0 Å². The van der Waals surface area contributed by atoms with Crippen LogP contribution in [0.4, 0.5) is 18.0 Å². The van der Waals surface area contributed by atoms with Crippen LogP contribution in [0.5, 0.6) is 17.2 Å². The zero-order valence-corrected chi connectivity index (χ0v) is 18.5. The van der Waals surface area contributed by atoms with Crippen LogP contribution in [0, 0.1) is 5.92 Å². The molecule has 2 N–H and O–H groups in total. The van der Waals surface area contributed by atoms with Gasteiger partial charge in [0.1, 0.15) is 0 Å². The largest absolute Gasteiger partial charge is 0.493 e. The molecule has 2 fully saturated rings. The number of urea groups is 1. The molecule has 33 heavy (non-hydrogen) atoms. The summed E-state index contributed by atoms with van der Waals surface area (Å²) >= 11 is 0. The fourth-order valence-electron chi connectivity index (χ4n) is 4.24. The molecule has 0 radical (unpaired) electrons. The van der Waals surface area contributed by atoms with Gasteiger partial charge in [0.15, 0.2) is 11.5 Å². The molecule has 1 aliphatic heterocycles. The van der Waals surface area contributed by atoms with E-state index in [0.717, 1.165) is 19.3 Å². The maximum absolute atomic E-state index is 14.2. The summed E-state index contributed by atoms with van der Waals surface area (Å²) in [6.45, 7) is -0.141. The third-order valence-electron chi connectivity index (χ3n) is 5.95. The van der Waals surface area contributed by atoms with Crippen LogP contribution in [0.15, 0.2) is 12.1 Å². The number of hydrogen-bond acceptors (Lipinski definition) is 6. The maximum Gasteiger partial charge on any atom is 0.440 e. The van der Waals surface area contributed by atoms with E-state index in [1.165, 1.54) is 33.5 Å². The number of halogens is 3. The Kier molecular flexibility index (Phi) is 6.94. The first-order chi connectivity index (χ1) is 15.6. The average molecular weight is 473 g/mol. The summed E-state index contributed by atoms with van der Waals surface area (Å²) in [5, 5.41) is 3.37. The fourth-order valence-corrected chi connectivity index (χ4v) is 4.24. The van der Waals surface area contributed by atoms with Crippen molar-refractivity contribution in [3.63, 3.8) is 0 Å². The molecule has 4 amide bonds. The number of imide groups is 1. The molecule has 0 aromatic heterocycles. The zero-order valence-electron chi connectivity index (χ0n) is 18.5. The van der Waals surface area contributed by atoms with Crippen molar-refractivity contribution in [2.45, 2.75) is 43.9 Å². The predicted octanol–water partition coefficient (Wildman–Crippen LogP) is 2.83. The number of methoxy groups -OCH3 is 3. The number of nitrogens with zero attached hydrogens (tertiary/aromatic N) is 1. The summed E-state index contributed by atoms with van der Waals surface area (Å²) in [6.07, 6.45) is -1.10. The van der Waals surface area contributed by atoms with Crippen LogP contribution in [0.25, 0.3) is 0 Å². The first-order valence-electron chi connectivity index (χ1n) is 10.4. The fraction of sp³-hybridized carbons (Fsp3) is 0.571. The Hall–Kier alpha value is -3.18. The van der Waals surface area contributed by atoms with Gasteiger partial charge < -0.3 is 19.5 Å². The van der Waals surface area contributed by atoms with Crippen LogP contribution in [0.3, 0.4) is 0 Å². The van der Waals surface area contributed by atoms with E-state index in [1.807, 2.05) is 0 Å². The molecule has 2 aliphatic rings. The first kappa shape index (κ1) is 24.5. The van der Waals surface area contributed by atoms with Gasteiger partial charge >= 0.3 is 12.2 Å². The predicted molar refractivity (Wildman–Crippen MR) is 109 cm³/mol. The lowest BCUT2D eigenvalue weighted by Crippen LogP contribution is -2.69. The third-order valence-corrected chi connectivity index (χ3v) is 5.95. The van der Waals surface area contributed by atoms with Gasteiger partial charge in [-0.1, -0.05) is 19.3 Å². The number of amides is 4. The number of nitrogens with one attached hydrogen (secondary N) is 2. The minimum absolute atomic E-state index is 0.0191. The summed E-state index contributed by atoms with van der Waals surface area (Å²) in [5.74, 6) is -2.98. The number of carbonyl (C=O) groups excluding carboxylic acids is 3. The highest BCUT2D eigenvalue weighted by molar-refractivity contribution is 6.10. The Morgan fingerprint density at radius 3 is 2.27 bits per heavy atom. The Labute approximate surface area is 188 Å². The van der Waals surface area contributed by atoms with Crippen LogP contribution >= 0.6 is 0 Å². The summed E-state index contributed by atoms with van der Waals surface area (Å²) < 4.78 is 57.9. The van der Waals surface area contributed by atoms with Gasteiger partial charge in [-0.2, -0.15) is 13.2 Å². The van der Waals surface area contributed by atoms with Crippen LogP contribution in [0.1, 0.15) is 42.5 Å². The highest BCUT2D eigenvalue weighted by Gasteiger charge is 2.69. The quantitative estimate of drug-likeness (QED) is 0.590. The monoisotopic (exact) mass is 473 g/mol. The smallest absolute Gasteiger partial charge is 0.440 e. The van der Waals surface area contributed by atoms with Crippen LogP contribution in [-0.4, -0.2) is 62.5 Å². The van der Waals surface area contributed by atoms with Gasteiger partial charge in [-0.25, -0.2) is 4.79 Å². The van der Waals surface area contributed by atoms with E-state index < -0.39 is 29.7 Å². The molecule has 9 nitrogen and oxygen atoms in total. The minimum atomic E-state index is -5.31. The molecule has 1 aliphatic carbocycles. The van der Waals surface area contributed by atoms with Crippen molar-refractivity contribution in [1.82, 2.24) is 15.5 Å². The van der Waals surface area contributed by atoms with E-state index in [4.69, 9.17) is 14.2 Å². The van der Waals surface area contributed by atoms with Crippen molar-refractivity contribution >= 4 is 17.8 Å². The standard InChI is InChI=1S/C21H26F3N3O6/c1-31-14-10-9-13(15(32-2)16(14)33-3)17(28)25-20(21(22,23)24)18(29)27(19(30)26-20)11-12-7-5-4-6-8-12/h9-10,12H,4-8,11H2,1-3H3,(H,25,28)(H,26,30)/t20-/m0/s1. The number of benzene rings is 1. The number of rotatable bonds is 7. The normalized spacial score (nSPS) is 21.6. The topological polar surface area (TPSA) is 106 Å². The molecule has 1 aromatic carbocycles. The van der Waals surface area contributed by atoms with Gasteiger partial charge in [-0.15, -0.1) is 0 Å². The van der Waals surface area contributed by atoms with Crippen molar-refractivity contribution in [3.05, 3.63) is 17.7 Å². The third kappa shape index (κ3) is 4.38. The van der Waals surface area contributed by atoms with Gasteiger partial charge in [-0.05, 0) is 30.9 Å². The Bertz CT molecular complexity index is 933. The van der Waals surface area contributed by atoms with Gasteiger partial charge in [0.25, 0.3) is 17.5 Å². The second-order valence-electron chi connectivity index (χ2n) is 7.93. The molecule has 1 atom stereocenters. The molecule has 1 heterocycles. The summed E-state index contributed by atoms with van der Waals surface area (Å²) in [7, 11) is 3.80. The number of ether oxygens (including phenoxy) is 3. The molecule has 1 aromatic rings. The second kappa shape index (κ2) is 9.36. The molecule has 0 spiro atoms. The van der Waals surface area contributed by atoms with Crippen molar-refractivity contribution in [2.24, 2.45) is 5.92 Å². The zero-order chi connectivity index (χ0) is 24.4. The van der Waals surface area contributed by atoms with Crippen LogP contribution < -0.4 is 24.8 Å². The SMILES string of the molecule is COc1ccc(C(=O)N[C@]2(C(F)(F)F)NC(=O)N(CC3CCCCC3)C2=O)c(OC)c1OC. The molecule has 12 heteroatoms. The molecule has 0 unspecified atom stereocenters. The summed E-state index contributed by atoms with van der Waals surface area (Å²) in [5.41, 5.74) is -3.94. The molecular weight excluding hydrogens is 447 g/mol. The first-order valence-corrected chi connectivity index (χ1v) is 10.4. The van der Waals surface area contributed by atoms with E-state index in [9.17, 15) is 27.6 Å². The number of carbonyl (C=O) groups is 3.